The lowest BCUT2D eigenvalue weighted by Gasteiger charge is -2.12. The molecule has 3 heteroatoms. The van der Waals surface area contributed by atoms with Crippen molar-refractivity contribution in [3.8, 4) is 0 Å². The quantitative estimate of drug-likeness (QED) is 0.717. The number of aldehydes is 1. The number of hydrogen-bond acceptors (Lipinski definition) is 3. The highest BCUT2D eigenvalue weighted by Crippen LogP contribution is 2.55. The fourth-order valence-corrected chi connectivity index (χ4v) is 4.18. The molecule has 1 nitrogen and oxygen atoms in total. The number of hydrogen-bond donors (Lipinski definition) is 0. The van der Waals surface area contributed by atoms with Crippen LogP contribution in [-0.2, 0) is 11.2 Å². The Hall–Kier alpha value is -0.410. The first-order valence-corrected chi connectivity index (χ1v) is 6.19. The third kappa shape index (κ3) is 1.98. The topological polar surface area (TPSA) is 17.1 Å². The van der Waals surface area contributed by atoms with Gasteiger partial charge in [0, 0.05) is 16.2 Å². The van der Waals surface area contributed by atoms with Crippen LogP contribution in [0.3, 0.4) is 0 Å². The van der Waals surface area contributed by atoms with E-state index in [0.29, 0.717) is 6.42 Å². The molecular formula is C11H12OS2. The van der Waals surface area contributed by atoms with Gasteiger partial charge >= 0.3 is 0 Å². The number of carbonyl (C=O) groups is 1. The van der Waals surface area contributed by atoms with E-state index >= 15 is 0 Å². The maximum absolute atomic E-state index is 10.4. The Kier molecular flexibility index (Phi) is 2.62. The third-order valence-corrected chi connectivity index (χ3v) is 4.78. The molecule has 0 aromatic heterocycles. The van der Waals surface area contributed by atoms with Gasteiger partial charge in [-0.1, -0.05) is 6.07 Å². The van der Waals surface area contributed by atoms with Crippen LogP contribution in [0.25, 0.3) is 0 Å². The molecule has 1 aliphatic heterocycles. The molecule has 1 aromatic carbocycles. The summed E-state index contributed by atoms with van der Waals surface area (Å²) in [7, 11) is 0. The van der Waals surface area contributed by atoms with Crippen LogP contribution in [0.15, 0.2) is 28.0 Å². The highest BCUT2D eigenvalue weighted by Gasteiger charge is 2.29. The molecule has 0 aliphatic carbocycles. The summed E-state index contributed by atoms with van der Waals surface area (Å²) in [6.07, 6.45) is 1.48. The van der Waals surface area contributed by atoms with Gasteiger partial charge in [0.2, 0.25) is 0 Å². The Bertz CT molecular complexity index is 372. The van der Waals surface area contributed by atoms with Crippen molar-refractivity contribution in [2.45, 2.75) is 34.1 Å². The molecule has 14 heavy (non-hydrogen) atoms. The van der Waals surface area contributed by atoms with E-state index in [1.54, 1.807) is 0 Å². The zero-order valence-corrected chi connectivity index (χ0v) is 9.87. The fourth-order valence-electron chi connectivity index (χ4n) is 1.49. The van der Waals surface area contributed by atoms with Crippen LogP contribution in [0, 0.1) is 0 Å². The van der Waals surface area contributed by atoms with Gasteiger partial charge in [0.05, 0.1) is 4.08 Å². The Morgan fingerprint density at radius 1 is 1.29 bits per heavy atom. The molecule has 0 saturated carbocycles. The minimum atomic E-state index is 0.238. The van der Waals surface area contributed by atoms with E-state index in [0.717, 1.165) is 11.8 Å². The van der Waals surface area contributed by atoms with Gasteiger partial charge in [-0.3, -0.25) is 0 Å². The normalized spacial score (nSPS) is 17.9. The van der Waals surface area contributed by atoms with E-state index in [9.17, 15) is 4.79 Å². The van der Waals surface area contributed by atoms with Crippen molar-refractivity contribution in [2.24, 2.45) is 0 Å². The summed E-state index contributed by atoms with van der Waals surface area (Å²) in [6, 6.07) is 6.30. The van der Waals surface area contributed by atoms with Crippen molar-refractivity contribution < 1.29 is 4.79 Å². The largest absolute Gasteiger partial charge is 0.303 e. The molecule has 1 aromatic rings. The highest BCUT2D eigenvalue weighted by atomic mass is 32.2. The summed E-state index contributed by atoms with van der Waals surface area (Å²) < 4.78 is 0.238. The summed E-state index contributed by atoms with van der Waals surface area (Å²) in [5.74, 6) is 0. The molecule has 0 radical (unpaired) electrons. The van der Waals surface area contributed by atoms with E-state index in [1.165, 1.54) is 9.79 Å². The van der Waals surface area contributed by atoms with E-state index in [-0.39, 0.29) is 4.08 Å². The molecule has 2 rings (SSSR count). The maximum Gasteiger partial charge on any atom is 0.124 e. The summed E-state index contributed by atoms with van der Waals surface area (Å²) in [5.41, 5.74) is 1.12. The Morgan fingerprint density at radius 2 is 2.00 bits per heavy atom. The average Bonchev–Trinajstić information content (AvgIpc) is 2.38. The smallest absolute Gasteiger partial charge is 0.124 e. The van der Waals surface area contributed by atoms with Crippen molar-refractivity contribution in [3.05, 3.63) is 23.8 Å². The molecule has 0 bridgehead atoms. The van der Waals surface area contributed by atoms with Gasteiger partial charge in [-0.2, -0.15) is 0 Å². The summed E-state index contributed by atoms with van der Waals surface area (Å²) >= 11 is 3.78. The monoisotopic (exact) mass is 224 g/mol. The lowest BCUT2D eigenvalue weighted by Crippen LogP contribution is -2.01. The first kappa shape index (κ1) is 10.1. The molecule has 74 valence electrons. The van der Waals surface area contributed by atoms with Gasteiger partial charge < -0.3 is 4.79 Å². The molecule has 0 spiro atoms. The summed E-state index contributed by atoms with van der Waals surface area (Å²) in [6.45, 7) is 4.45. The van der Waals surface area contributed by atoms with Crippen LogP contribution in [0.1, 0.15) is 19.4 Å². The fraction of sp³-hybridized carbons (Fsp3) is 0.364. The first-order chi connectivity index (χ1) is 6.61. The van der Waals surface area contributed by atoms with Crippen LogP contribution in [0.5, 0.6) is 0 Å². The van der Waals surface area contributed by atoms with Crippen LogP contribution in [0.2, 0.25) is 0 Å². The molecule has 0 fully saturated rings. The second kappa shape index (κ2) is 3.63. The van der Waals surface area contributed by atoms with E-state index in [1.807, 2.05) is 29.6 Å². The van der Waals surface area contributed by atoms with Crippen molar-refractivity contribution in [2.75, 3.05) is 0 Å². The Morgan fingerprint density at radius 3 is 2.71 bits per heavy atom. The molecule has 0 N–H and O–H groups in total. The zero-order chi connectivity index (χ0) is 10.2. The maximum atomic E-state index is 10.4. The number of benzene rings is 1. The Labute approximate surface area is 92.7 Å². The minimum absolute atomic E-state index is 0.238. The van der Waals surface area contributed by atoms with Crippen LogP contribution < -0.4 is 0 Å². The predicted octanol–water partition coefficient (Wildman–Crippen LogP) is 3.36. The molecule has 0 unspecified atom stereocenters. The molecule has 1 aliphatic rings. The Balaban J connectivity index is 2.30. The summed E-state index contributed by atoms with van der Waals surface area (Å²) in [5, 5.41) is 0. The van der Waals surface area contributed by atoms with Gasteiger partial charge in [0.15, 0.2) is 0 Å². The van der Waals surface area contributed by atoms with E-state index in [4.69, 9.17) is 0 Å². The van der Waals surface area contributed by atoms with Crippen LogP contribution in [-0.4, -0.2) is 10.4 Å². The number of rotatable bonds is 2. The van der Waals surface area contributed by atoms with Crippen molar-refractivity contribution in [3.63, 3.8) is 0 Å². The van der Waals surface area contributed by atoms with E-state index in [2.05, 4.69) is 26.0 Å². The van der Waals surface area contributed by atoms with Gasteiger partial charge in [-0.05, 0) is 31.5 Å². The lowest BCUT2D eigenvalue weighted by molar-refractivity contribution is -0.107. The minimum Gasteiger partial charge on any atom is -0.303 e. The predicted molar refractivity (Wildman–Crippen MR) is 62.0 cm³/mol. The first-order valence-electron chi connectivity index (χ1n) is 4.55. The van der Waals surface area contributed by atoms with Gasteiger partial charge in [0.1, 0.15) is 6.29 Å². The molecule has 1 heterocycles. The number of thioether (sulfide) groups is 2. The van der Waals surface area contributed by atoms with Gasteiger partial charge in [-0.25, -0.2) is 0 Å². The molecule has 0 saturated heterocycles. The molecule has 0 atom stereocenters. The van der Waals surface area contributed by atoms with Crippen molar-refractivity contribution in [1.29, 1.82) is 0 Å². The molecule has 0 amide bonds. The summed E-state index contributed by atoms with van der Waals surface area (Å²) in [4.78, 5) is 13.1. The van der Waals surface area contributed by atoms with Crippen molar-refractivity contribution in [1.82, 2.24) is 0 Å². The average molecular weight is 224 g/mol. The van der Waals surface area contributed by atoms with E-state index < -0.39 is 0 Å². The third-order valence-electron chi connectivity index (χ3n) is 2.04. The standard InChI is InChI=1S/C11H12OS2/c1-11(2)13-9-4-3-8(5-6-12)7-10(9)14-11/h3-4,6-7H,5H2,1-2H3. The lowest BCUT2D eigenvalue weighted by atomic mass is 10.2. The van der Waals surface area contributed by atoms with Gasteiger partial charge in [-0.15, -0.1) is 23.5 Å². The number of fused-ring (bicyclic) bond motifs is 1. The SMILES string of the molecule is CC1(C)Sc2ccc(CC=O)cc2S1. The zero-order valence-electron chi connectivity index (χ0n) is 8.24. The molecular weight excluding hydrogens is 212 g/mol. The van der Waals surface area contributed by atoms with Crippen LogP contribution in [0.4, 0.5) is 0 Å². The number of carbonyl (C=O) groups excluding carboxylic acids is 1. The van der Waals surface area contributed by atoms with Crippen molar-refractivity contribution >= 4 is 29.8 Å². The van der Waals surface area contributed by atoms with Gasteiger partial charge in [0.25, 0.3) is 0 Å². The highest BCUT2D eigenvalue weighted by molar-refractivity contribution is 8.20. The second-order valence-electron chi connectivity index (χ2n) is 3.76. The second-order valence-corrected chi connectivity index (χ2v) is 7.34. The van der Waals surface area contributed by atoms with Crippen LogP contribution >= 0.6 is 23.5 Å².